The van der Waals surface area contributed by atoms with Crippen molar-refractivity contribution in [2.75, 3.05) is 13.2 Å². The largest absolute Gasteiger partial charge is 0.493 e. The Labute approximate surface area is 93.1 Å². The molecule has 5 heteroatoms. The van der Waals surface area contributed by atoms with E-state index < -0.39 is 4.92 Å². The van der Waals surface area contributed by atoms with Crippen LogP contribution in [0.3, 0.4) is 0 Å². The smallest absolute Gasteiger partial charge is 0.270 e. The maximum absolute atomic E-state index is 10.6. The van der Waals surface area contributed by atoms with Crippen molar-refractivity contribution in [3.8, 4) is 5.75 Å². The van der Waals surface area contributed by atoms with Gasteiger partial charge in [0.05, 0.1) is 18.1 Å². The molecule has 86 valence electrons. The number of ether oxygens (including phenoxy) is 1. The number of nitro benzene ring substituents is 1. The molecule has 1 rings (SSSR count). The number of aliphatic hydroxyl groups excluding tert-OH is 1. The minimum Gasteiger partial charge on any atom is -0.493 e. The van der Waals surface area contributed by atoms with Crippen molar-refractivity contribution in [3.05, 3.63) is 40.0 Å². The summed E-state index contributed by atoms with van der Waals surface area (Å²) < 4.78 is 5.31. The summed E-state index contributed by atoms with van der Waals surface area (Å²) in [7, 11) is 0. The molecule has 1 aromatic rings. The third kappa shape index (κ3) is 3.06. The lowest BCUT2D eigenvalue weighted by Gasteiger charge is -2.06. The average molecular weight is 223 g/mol. The van der Waals surface area contributed by atoms with Crippen molar-refractivity contribution in [2.45, 2.75) is 6.92 Å². The summed E-state index contributed by atoms with van der Waals surface area (Å²) in [6.07, 6.45) is 3.10. The maximum Gasteiger partial charge on any atom is 0.270 e. The molecule has 0 fully saturated rings. The lowest BCUT2D eigenvalue weighted by Crippen LogP contribution is -1.95. The molecular formula is C11H13NO4. The molecule has 0 spiro atoms. The number of hydrogen-bond donors (Lipinski definition) is 1. The predicted octanol–water partition coefficient (Wildman–Crippen LogP) is 2.00. The van der Waals surface area contributed by atoms with Gasteiger partial charge in [0, 0.05) is 17.7 Å². The van der Waals surface area contributed by atoms with Crippen molar-refractivity contribution in [1.29, 1.82) is 0 Å². The molecule has 0 bridgehead atoms. The Morgan fingerprint density at radius 2 is 2.31 bits per heavy atom. The fourth-order valence-corrected chi connectivity index (χ4v) is 1.25. The van der Waals surface area contributed by atoms with Crippen molar-refractivity contribution in [2.24, 2.45) is 0 Å². The Morgan fingerprint density at radius 3 is 2.88 bits per heavy atom. The predicted molar refractivity (Wildman–Crippen MR) is 60.4 cm³/mol. The van der Waals surface area contributed by atoms with E-state index >= 15 is 0 Å². The Hall–Kier alpha value is -1.88. The minimum atomic E-state index is -0.466. The molecule has 0 radical (unpaired) electrons. The fourth-order valence-electron chi connectivity index (χ4n) is 1.25. The van der Waals surface area contributed by atoms with Gasteiger partial charge in [-0.15, -0.1) is 0 Å². The van der Waals surface area contributed by atoms with Crippen molar-refractivity contribution >= 4 is 11.8 Å². The van der Waals surface area contributed by atoms with Crippen LogP contribution in [0.4, 0.5) is 5.69 Å². The normalized spacial score (nSPS) is 10.6. The van der Waals surface area contributed by atoms with Crippen LogP contribution in [-0.2, 0) is 0 Å². The average Bonchev–Trinajstić information content (AvgIpc) is 2.27. The van der Waals surface area contributed by atoms with E-state index in [2.05, 4.69) is 0 Å². The lowest BCUT2D eigenvalue weighted by molar-refractivity contribution is -0.384. The second kappa shape index (κ2) is 5.87. The first-order valence-corrected chi connectivity index (χ1v) is 4.87. The van der Waals surface area contributed by atoms with Crippen molar-refractivity contribution < 1.29 is 14.8 Å². The standard InChI is InChI=1S/C11H13NO4/c1-2-16-11-6-5-10(12(14)15)8-9(11)4-3-7-13/h3-6,8,13H,2,7H2,1H3. The molecule has 0 aromatic heterocycles. The fraction of sp³-hybridized carbons (Fsp3) is 0.273. The van der Waals surface area contributed by atoms with E-state index in [1.807, 2.05) is 6.92 Å². The topological polar surface area (TPSA) is 72.6 Å². The number of aliphatic hydroxyl groups is 1. The molecule has 0 heterocycles. The van der Waals surface area contributed by atoms with Gasteiger partial charge in [-0.3, -0.25) is 10.1 Å². The van der Waals surface area contributed by atoms with E-state index in [4.69, 9.17) is 9.84 Å². The van der Waals surface area contributed by atoms with Crippen LogP contribution in [0.5, 0.6) is 5.75 Å². The molecule has 0 amide bonds. The summed E-state index contributed by atoms with van der Waals surface area (Å²) in [6.45, 7) is 2.20. The Bertz CT molecular complexity index is 401. The molecular weight excluding hydrogens is 210 g/mol. The van der Waals surface area contributed by atoms with Crippen LogP contribution in [0, 0.1) is 10.1 Å². The molecule has 16 heavy (non-hydrogen) atoms. The number of rotatable bonds is 5. The molecule has 5 nitrogen and oxygen atoms in total. The van der Waals surface area contributed by atoms with Crippen LogP contribution in [0.2, 0.25) is 0 Å². The maximum atomic E-state index is 10.6. The van der Waals surface area contributed by atoms with Crippen molar-refractivity contribution in [3.63, 3.8) is 0 Å². The summed E-state index contributed by atoms with van der Waals surface area (Å²) in [5.74, 6) is 0.567. The first-order chi connectivity index (χ1) is 7.69. The molecule has 0 unspecified atom stereocenters. The highest BCUT2D eigenvalue weighted by Gasteiger charge is 2.09. The van der Waals surface area contributed by atoms with Gasteiger partial charge < -0.3 is 9.84 Å². The highest BCUT2D eigenvalue weighted by atomic mass is 16.6. The number of nitro groups is 1. The van der Waals surface area contributed by atoms with E-state index in [1.165, 1.54) is 18.2 Å². The molecule has 0 saturated carbocycles. The molecule has 0 aliphatic carbocycles. The van der Waals surface area contributed by atoms with E-state index in [0.717, 1.165) is 0 Å². The van der Waals surface area contributed by atoms with Crippen LogP contribution in [0.15, 0.2) is 24.3 Å². The van der Waals surface area contributed by atoms with Crippen LogP contribution in [0.25, 0.3) is 6.08 Å². The van der Waals surface area contributed by atoms with E-state index in [0.29, 0.717) is 17.9 Å². The van der Waals surface area contributed by atoms with Gasteiger partial charge in [0.15, 0.2) is 0 Å². The summed E-state index contributed by atoms with van der Waals surface area (Å²) >= 11 is 0. The zero-order valence-electron chi connectivity index (χ0n) is 8.92. The molecule has 0 atom stereocenters. The Balaban J connectivity index is 3.10. The van der Waals surface area contributed by atoms with Crippen LogP contribution < -0.4 is 4.74 Å². The van der Waals surface area contributed by atoms with Gasteiger partial charge in [0.1, 0.15) is 5.75 Å². The van der Waals surface area contributed by atoms with E-state index in [1.54, 1.807) is 12.1 Å². The van der Waals surface area contributed by atoms with Crippen LogP contribution in [0.1, 0.15) is 12.5 Å². The highest BCUT2D eigenvalue weighted by molar-refractivity contribution is 5.61. The molecule has 0 saturated heterocycles. The monoisotopic (exact) mass is 223 g/mol. The number of nitrogens with zero attached hydrogens (tertiary/aromatic N) is 1. The van der Waals surface area contributed by atoms with Crippen LogP contribution >= 0.6 is 0 Å². The van der Waals surface area contributed by atoms with E-state index in [9.17, 15) is 10.1 Å². The van der Waals surface area contributed by atoms with E-state index in [-0.39, 0.29) is 12.3 Å². The first kappa shape index (κ1) is 12.2. The van der Waals surface area contributed by atoms with Gasteiger partial charge in [-0.05, 0) is 13.0 Å². The van der Waals surface area contributed by atoms with Gasteiger partial charge in [0.25, 0.3) is 5.69 Å². The Kier molecular flexibility index (Phi) is 4.47. The summed E-state index contributed by atoms with van der Waals surface area (Å²) in [5.41, 5.74) is 0.589. The van der Waals surface area contributed by atoms with Gasteiger partial charge >= 0.3 is 0 Å². The number of hydrogen-bond acceptors (Lipinski definition) is 4. The number of non-ortho nitro benzene ring substituents is 1. The lowest BCUT2D eigenvalue weighted by atomic mass is 10.1. The molecule has 1 aromatic carbocycles. The third-order valence-electron chi connectivity index (χ3n) is 1.91. The van der Waals surface area contributed by atoms with Gasteiger partial charge in [0.2, 0.25) is 0 Å². The minimum absolute atomic E-state index is 0.000966. The quantitative estimate of drug-likeness (QED) is 0.612. The molecule has 0 aliphatic rings. The number of benzene rings is 1. The van der Waals surface area contributed by atoms with Crippen LogP contribution in [-0.4, -0.2) is 23.2 Å². The molecule has 0 aliphatic heterocycles. The molecule has 1 N–H and O–H groups in total. The zero-order valence-corrected chi connectivity index (χ0v) is 8.92. The SMILES string of the molecule is CCOc1ccc([N+](=O)[O-])cc1C=CCO. The summed E-state index contributed by atoms with van der Waals surface area (Å²) in [6, 6.07) is 4.36. The second-order valence-corrected chi connectivity index (χ2v) is 3.00. The highest BCUT2D eigenvalue weighted by Crippen LogP contribution is 2.25. The summed E-state index contributed by atoms with van der Waals surface area (Å²) in [4.78, 5) is 10.1. The third-order valence-corrected chi connectivity index (χ3v) is 1.91. The summed E-state index contributed by atoms with van der Waals surface area (Å²) in [5, 5.41) is 19.3. The Morgan fingerprint density at radius 1 is 1.56 bits per heavy atom. The van der Waals surface area contributed by atoms with Gasteiger partial charge in [-0.1, -0.05) is 12.2 Å². The zero-order chi connectivity index (χ0) is 12.0. The second-order valence-electron chi connectivity index (χ2n) is 3.00. The van der Waals surface area contributed by atoms with Gasteiger partial charge in [-0.2, -0.15) is 0 Å². The van der Waals surface area contributed by atoms with Crippen molar-refractivity contribution in [1.82, 2.24) is 0 Å². The first-order valence-electron chi connectivity index (χ1n) is 4.87. The van der Waals surface area contributed by atoms with Gasteiger partial charge in [-0.25, -0.2) is 0 Å².